The van der Waals surface area contributed by atoms with E-state index in [-0.39, 0.29) is 18.8 Å². The first-order valence-corrected chi connectivity index (χ1v) is 8.18. The Bertz CT molecular complexity index is 853. The first-order valence-electron chi connectivity index (χ1n) is 8.18. The van der Waals surface area contributed by atoms with E-state index in [1.165, 1.54) is 17.0 Å². The van der Waals surface area contributed by atoms with Gasteiger partial charge in [-0.3, -0.25) is 9.78 Å². The lowest BCUT2D eigenvalue weighted by molar-refractivity contribution is -0.274. The molecule has 0 atom stereocenters. The minimum atomic E-state index is -4.81. The summed E-state index contributed by atoms with van der Waals surface area (Å²) in [5.74, 6) is -0.875. The molecule has 1 aliphatic rings. The molecule has 2 aromatic rings. The Morgan fingerprint density at radius 2 is 1.85 bits per heavy atom. The number of aryl methyl sites for hydroxylation is 1. The zero-order valence-electron chi connectivity index (χ0n) is 14.4. The third-order valence-electron chi connectivity index (χ3n) is 3.98. The first-order chi connectivity index (χ1) is 12.8. The van der Waals surface area contributed by atoms with Crippen LogP contribution in [0.3, 0.4) is 0 Å². The van der Waals surface area contributed by atoms with Crippen LogP contribution in [0.15, 0.2) is 42.6 Å². The van der Waals surface area contributed by atoms with Crippen LogP contribution in [0, 0.1) is 0 Å². The van der Waals surface area contributed by atoms with Gasteiger partial charge in [-0.2, -0.15) is 0 Å². The van der Waals surface area contributed by atoms with Gasteiger partial charge in [-0.05, 0) is 48.4 Å². The Morgan fingerprint density at radius 1 is 1.15 bits per heavy atom. The number of urea groups is 1. The molecule has 0 unspecified atom stereocenters. The average Bonchev–Trinajstić information content (AvgIpc) is 2.88. The molecule has 6 nitrogen and oxygen atoms in total. The van der Waals surface area contributed by atoms with Gasteiger partial charge in [0.05, 0.1) is 5.69 Å². The number of alkyl halides is 3. The summed E-state index contributed by atoms with van der Waals surface area (Å²) in [5.41, 5.74) is 1.91. The molecule has 2 heterocycles. The normalized spacial score (nSPS) is 14.8. The van der Waals surface area contributed by atoms with E-state index in [0.29, 0.717) is 0 Å². The van der Waals surface area contributed by atoms with Gasteiger partial charge in [0.1, 0.15) is 12.3 Å². The molecular formula is C18H16F3N3O3. The van der Waals surface area contributed by atoms with Gasteiger partial charge >= 0.3 is 12.4 Å². The van der Waals surface area contributed by atoms with Crippen LogP contribution in [-0.4, -0.2) is 34.7 Å². The molecule has 1 aromatic heterocycles. The number of imide groups is 1. The Balaban J connectivity index is 1.74. The molecule has 0 bridgehead atoms. The monoisotopic (exact) mass is 379 g/mol. The summed E-state index contributed by atoms with van der Waals surface area (Å²) < 4.78 is 40.5. The van der Waals surface area contributed by atoms with Crippen LogP contribution >= 0.6 is 0 Å². The number of carbonyl (C=O) groups excluding carboxylic acids is 2. The van der Waals surface area contributed by atoms with Crippen LogP contribution in [0.4, 0.5) is 23.7 Å². The molecule has 0 aliphatic carbocycles. The smallest absolute Gasteiger partial charge is 0.406 e. The lowest BCUT2D eigenvalue weighted by atomic mass is 10.2. The highest BCUT2D eigenvalue weighted by atomic mass is 19.4. The fourth-order valence-corrected chi connectivity index (χ4v) is 2.76. The molecule has 0 spiro atoms. The standard InChI is InChI=1S/C18H16F3N3O3/c1-2-13-9-12(7-8-22-13)10-23-11-16(25)24(17(23)26)14-3-5-15(6-4-14)27-18(19,20)21/h3-9H,2,10-11H2,1H3. The zero-order chi connectivity index (χ0) is 19.6. The Kier molecular flexibility index (Phi) is 5.02. The molecule has 3 amide bonds. The number of anilines is 1. The van der Waals surface area contributed by atoms with Gasteiger partial charge < -0.3 is 9.64 Å². The van der Waals surface area contributed by atoms with E-state index in [9.17, 15) is 22.8 Å². The quantitative estimate of drug-likeness (QED) is 0.746. The second-order valence-corrected chi connectivity index (χ2v) is 5.92. The minimum Gasteiger partial charge on any atom is -0.406 e. The van der Waals surface area contributed by atoms with E-state index in [1.54, 1.807) is 12.3 Å². The highest BCUT2D eigenvalue weighted by molar-refractivity contribution is 6.19. The van der Waals surface area contributed by atoms with Crippen LogP contribution in [0.5, 0.6) is 5.75 Å². The molecule has 0 N–H and O–H groups in total. The van der Waals surface area contributed by atoms with Gasteiger partial charge in [0.2, 0.25) is 0 Å². The Hall–Kier alpha value is -3.10. The molecule has 3 rings (SSSR count). The maximum Gasteiger partial charge on any atom is 0.573 e. The largest absolute Gasteiger partial charge is 0.573 e. The fraction of sp³-hybridized carbons (Fsp3) is 0.278. The van der Waals surface area contributed by atoms with Gasteiger partial charge in [0.15, 0.2) is 0 Å². The van der Waals surface area contributed by atoms with Crippen molar-refractivity contribution in [3.05, 3.63) is 53.9 Å². The number of ether oxygens (including phenoxy) is 1. The number of carbonyl (C=O) groups is 2. The van der Waals surface area contributed by atoms with Crippen molar-refractivity contribution in [3.63, 3.8) is 0 Å². The number of pyridine rings is 1. The number of rotatable bonds is 5. The third kappa shape index (κ3) is 4.36. The Morgan fingerprint density at radius 3 is 2.48 bits per heavy atom. The Labute approximate surface area is 153 Å². The van der Waals surface area contributed by atoms with Crippen molar-refractivity contribution in [2.45, 2.75) is 26.3 Å². The van der Waals surface area contributed by atoms with E-state index in [0.717, 1.165) is 34.7 Å². The number of amides is 3. The molecule has 1 aliphatic heterocycles. The number of halogens is 3. The first kappa shape index (κ1) is 18.7. The number of hydrogen-bond acceptors (Lipinski definition) is 4. The highest BCUT2D eigenvalue weighted by Gasteiger charge is 2.37. The number of nitrogens with zero attached hydrogens (tertiary/aromatic N) is 3. The second kappa shape index (κ2) is 7.26. The molecule has 27 heavy (non-hydrogen) atoms. The third-order valence-corrected chi connectivity index (χ3v) is 3.98. The SMILES string of the molecule is CCc1cc(CN2CC(=O)N(c3ccc(OC(F)(F)F)cc3)C2=O)ccn1. The summed E-state index contributed by atoms with van der Waals surface area (Å²) in [6, 6.07) is 7.70. The van der Waals surface area contributed by atoms with Crippen molar-refractivity contribution in [2.24, 2.45) is 0 Å². The summed E-state index contributed by atoms with van der Waals surface area (Å²) in [7, 11) is 0. The van der Waals surface area contributed by atoms with Crippen LogP contribution in [-0.2, 0) is 17.8 Å². The molecule has 0 radical (unpaired) electrons. The summed E-state index contributed by atoms with van der Waals surface area (Å²) in [4.78, 5) is 31.4. The summed E-state index contributed by atoms with van der Waals surface area (Å²) >= 11 is 0. The van der Waals surface area contributed by atoms with Crippen molar-refractivity contribution >= 4 is 17.6 Å². The van der Waals surface area contributed by atoms with Gasteiger partial charge in [0, 0.05) is 18.4 Å². The maximum atomic E-state index is 12.6. The molecule has 9 heteroatoms. The average molecular weight is 379 g/mol. The van der Waals surface area contributed by atoms with Crippen LogP contribution in [0.2, 0.25) is 0 Å². The molecule has 1 fully saturated rings. The van der Waals surface area contributed by atoms with Gasteiger partial charge in [-0.15, -0.1) is 13.2 Å². The number of aromatic nitrogens is 1. The number of hydrogen-bond donors (Lipinski definition) is 0. The van der Waals surface area contributed by atoms with Crippen LogP contribution < -0.4 is 9.64 Å². The maximum absolute atomic E-state index is 12.6. The molecule has 0 saturated carbocycles. The molecule has 1 aromatic carbocycles. The van der Waals surface area contributed by atoms with E-state index >= 15 is 0 Å². The highest BCUT2D eigenvalue weighted by Crippen LogP contribution is 2.28. The minimum absolute atomic E-state index is 0.108. The topological polar surface area (TPSA) is 62.7 Å². The van der Waals surface area contributed by atoms with Crippen molar-refractivity contribution in [1.29, 1.82) is 0 Å². The van der Waals surface area contributed by atoms with Crippen molar-refractivity contribution in [1.82, 2.24) is 9.88 Å². The lowest BCUT2D eigenvalue weighted by Gasteiger charge is -2.18. The zero-order valence-corrected chi connectivity index (χ0v) is 14.4. The van der Waals surface area contributed by atoms with E-state index in [2.05, 4.69) is 9.72 Å². The van der Waals surface area contributed by atoms with E-state index < -0.39 is 24.1 Å². The molecule has 142 valence electrons. The summed E-state index contributed by atoms with van der Waals surface area (Å²) in [6.45, 7) is 2.10. The van der Waals surface area contributed by atoms with Crippen LogP contribution in [0.1, 0.15) is 18.2 Å². The number of benzene rings is 1. The van der Waals surface area contributed by atoms with Gasteiger partial charge in [-0.25, -0.2) is 9.69 Å². The van der Waals surface area contributed by atoms with Crippen molar-refractivity contribution in [2.75, 3.05) is 11.4 Å². The van der Waals surface area contributed by atoms with Crippen molar-refractivity contribution < 1.29 is 27.5 Å². The van der Waals surface area contributed by atoms with E-state index in [4.69, 9.17) is 0 Å². The lowest BCUT2D eigenvalue weighted by Crippen LogP contribution is -2.32. The van der Waals surface area contributed by atoms with Gasteiger partial charge in [0.25, 0.3) is 5.91 Å². The van der Waals surface area contributed by atoms with Gasteiger partial charge in [-0.1, -0.05) is 6.92 Å². The summed E-state index contributed by atoms with van der Waals surface area (Å²) in [5, 5.41) is 0. The molecule has 1 saturated heterocycles. The van der Waals surface area contributed by atoms with E-state index in [1.807, 2.05) is 13.0 Å². The predicted octanol–water partition coefficient (Wildman–Crippen LogP) is 3.51. The second-order valence-electron chi connectivity index (χ2n) is 5.92. The van der Waals surface area contributed by atoms with Crippen LogP contribution in [0.25, 0.3) is 0 Å². The predicted molar refractivity (Wildman–Crippen MR) is 90.0 cm³/mol. The van der Waals surface area contributed by atoms with Crippen molar-refractivity contribution in [3.8, 4) is 5.75 Å². The fourth-order valence-electron chi connectivity index (χ4n) is 2.76. The summed E-state index contributed by atoms with van der Waals surface area (Å²) in [6.07, 6.45) is -2.41. The molecular weight excluding hydrogens is 363 g/mol.